The molecule has 0 radical (unpaired) electrons. The van der Waals surface area contributed by atoms with Crippen molar-refractivity contribution in [2.75, 3.05) is 5.32 Å². The Balaban J connectivity index is 1.71. The molecule has 2 heterocycles. The molecule has 0 atom stereocenters. The first-order chi connectivity index (χ1) is 13.7. The van der Waals surface area contributed by atoms with Crippen LogP contribution in [0.3, 0.4) is 0 Å². The lowest BCUT2D eigenvalue weighted by atomic mass is 9.93. The van der Waals surface area contributed by atoms with E-state index in [1.54, 1.807) is 4.68 Å². The SMILES string of the molecule is Cn1cc(-c2cc(CC(C)(C)N)cc(Nc3ncc4cc(Br)ccc4n3)c2)cn1. The van der Waals surface area contributed by atoms with E-state index in [9.17, 15) is 0 Å². The number of nitrogens with two attached hydrogens (primary N) is 1. The van der Waals surface area contributed by atoms with E-state index in [1.165, 1.54) is 0 Å². The Hall–Kier alpha value is -2.77. The third-order valence-corrected chi connectivity index (χ3v) is 4.98. The maximum atomic E-state index is 6.27. The van der Waals surface area contributed by atoms with Gasteiger partial charge in [0.25, 0.3) is 0 Å². The van der Waals surface area contributed by atoms with Gasteiger partial charge < -0.3 is 11.1 Å². The second kappa shape index (κ2) is 7.57. The lowest BCUT2D eigenvalue weighted by molar-refractivity contribution is 0.517. The summed E-state index contributed by atoms with van der Waals surface area (Å²) in [6.45, 7) is 4.06. The Kier molecular flexibility index (Phi) is 5.10. The topological polar surface area (TPSA) is 81.6 Å². The number of nitrogens with one attached hydrogen (secondary N) is 1. The summed E-state index contributed by atoms with van der Waals surface area (Å²) in [5.74, 6) is 0.557. The van der Waals surface area contributed by atoms with E-state index in [0.29, 0.717) is 5.95 Å². The van der Waals surface area contributed by atoms with Gasteiger partial charge in [-0.25, -0.2) is 9.97 Å². The maximum Gasteiger partial charge on any atom is 0.227 e. The number of halogens is 1. The lowest BCUT2D eigenvalue weighted by Gasteiger charge is -2.20. The molecule has 6 nitrogen and oxygen atoms in total. The lowest BCUT2D eigenvalue weighted by Crippen LogP contribution is -2.34. The van der Waals surface area contributed by atoms with Crippen LogP contribution in [0.4, 0.5) is 11.6 Å². The van der Waals surface area contributed by atoms with Crippen molar-refractivity contribution >= 4 is 38.5 Å². The van der Waals surface area contributed by atoms with Crippen molar-refractivity contribution < 1.29 is 0 Å². The van der Waals surface area contributed by atoms with Gasteiger partial charge in [-0.3, -0.25) is 4.68 Å². The van der Waals surface area contributed by atoms with Crippen LogP contribution in [0.15, 0.2) is 59.5 Å². The molecule has 7 heteroatoms. The monoisotopic (exact) mass is 450 g/mol. The zero-order chi connectivity index (χ0) is 20.6. The van der Waals surface area contributed by atoms with Crippen molar-refractivity contribution in [3.63, 3.8) is 0 Å². The van der Waals surface area contributed by atoms with Gasteiger partial charge in [-0.05, 0) is 61.7 Å². The summed E-state index contributed by atoms with van der Waals surface area (Å²) >= 11 is 3.48. The van der Waals surface area contributed by atoms with Crippen LogP contribution in [0.5, 0.6) is 0 Å². The van der Waals surface area contributed by atoms with Crippen molar-refractivity contribution in [1.82, 2.24) is 19.7 Å². The van der Waals surface area contributed by atoms with E-state index >= 15 is 0 Å². The Morgan fingerprint density at radius 2 is 1.93 bits per heavy atom. The second-order valence-corrected chi connectivity index (χ2v) is 8.92. The van der Waals surface area contributed by atoms with Crippen molar-refractivity contribution in [3.05, 3.63) is 65.0 Å². The van der Waals surface area contributed by atoms with Gasteiger partial charge in [0, 0.05) is 46.1 Å². The zero-order valence-corrected chi connectivity index (χ0v) is 18.2. The van der Waals surface area contributed by atoms with Gasteiger partial charge in [0.2, 0.25) is 5.95 Å². The molecule has 0 saturated heterocycles. The first kappa shape index (κ1) is 19.5. The minimum atomic E-state index is -0.308. The number of nitrogens with zero attached hydrogens (tertiary/aromatic N) is 4. The number of rotatable bonds is 5. The van der Waals surface area contributed by atoms with E-state index in [4.69, 9.17) is 5.73 Å². The summed E-state index contributed by atoms with van der Waals surface area (Å²) in [6, 6.07) is 12.3. The molecule has 3 N–H and O–H groups in total. The molecule has 0 bridgehead atoms. The highest BCUT2D eigenvalue weighted by atomic mass is 79.9. The number of hydrogen-bond donors (Lipinski definition) is 2. The fourth-order valence-corrected chi connectivity index (χ4v) is 3.70. The van der Waals surface area contributed by atoms with Crippen molar-refractivity contribution in [2.24, 2.45) is 12.8 Å². The van der Waals surface area contributed by atoms with Gasteiger partial charge in [0.15, 0.2) is 0 Å². The molecule has 0 aliphatic heterocycles. The number of aromatic nitrogens is 4. The largest absolute Gasteiger partial charge is 0.325 e. The van der Waals surface area contributed by atoms with Crippen LogP contribution in [0.1, 0.15) is 19.4 Å². The molecule has 4 aromatic rings. The predicted octanol–water partition coefficient (Wildman–Crippen LogP) is 4.82. The van der Waals surface area contributed by atoms with Gasteiger partial charge in [0.1, 0.15) is 0 Å². The van der Waals surface area contributed by atoms with E-state index in [2.05, 4.69) is 54.5 Å². The highest BCUT2D eigenvalue weighted by Crippen LogP contribution is 2.28. The van der Waals surface area contributed by atoms with Crippen LogP contribution in [0, 0.1) is 0 Å². The minimum Gasteiger partial charge on any atom is -0.325 e. The quantitative estimate of drug-likeness (QED) is 0.455. The Morgan fingerprint density at radius 3 is 2.66 bits per heavy atom. The summed E-state index contributed by atoms with van der Waals surface area (Å²) < 4.78 is 2.81. The molecular formula is C22H23BrN6. The molecule has 29 heavy (non-hydrogen) atoms. The molecule has 0 amide bonds. The van der Waals surface area contributed by atoms with Crippen LogP contribution in [-0.2, 0) is 13.5 Å². The van der Waals surface area contributed by atoms with Crippen LogP contribution in [0.25, 0.3) is 22.0 Å². The van der Waals surface area contributed by atoms with Crippen LogP contribution < -0.4 is 11.1 Å². The van der Waals surface area contributed by atoms with E-state index < -0.39 is 0 Å². The molecule has 4 rings (SSSR count). The highest BCUT2D eigenvalue weighted by molar-refractivity contribution is 9.10. The number of aryl methyl sites for hydroxylation is 1. The van der Waals surface area contributed by atoms with Crippen LogP contribution in [0.2, 0.25) is 0 Å². The molecule has 2 aromatic heterocycles. The smallest absolute Gasteiger partial charge is 0.227 e. The first-order valence-corrected chi connectivity index (χ1v) is 10.2. The highest BCUT2D eigenvalue weighted by Gasteiger charge is 2.14. The Bertz CT molecular complexity index is 1180. The van der Waals surface area contributed by atoms with Gasteiger partial charge in [-0.15, -0.1) is 0 Å². The van der Waals surface area contributed by atoms with E-state index in [1.807, 2.05) is 57.7 Å². The zero-order valence-electron chi connectivity index (χ0n) is 16.6. The molecule has 0 aliphatic rings. The second-order valence-electron chi connectivity index (χ2n) is 8.01. The fourth-order valence-electron chi connectivity index (χ4n) is 3.32. The molecule has 0 aliphatic carbocycles. The van der Waals surface area contributed by atoms with E-state index in [0.717, 1.165) is 44.2 Å². The molecule has 0 fully saturated rings. The molecule has 0 unspecified atom stereocenters. The summed E-state index contributed by atoms with van der Waals surface area (Å²) in [4.78, 5) is 9.11. The summed E-state index contributed by atoms with van der Waals surface area (Å²) in [6.07, 6.45) is 6.44. The third-order valence-electron chi connectivity index (χ3n) is 4.49. The van der Waals surface area contributed by atoms with Gasteiger partial charge in [-0.2, -0.15) is 5.10 Å². The molecular weight excluding hydrogens is 428 g/mol. The van der Waals surface area contributed by atoms with Crippen molar-refractivity contribution in [2.45, 2.75) is 25.8 Å². The molecule has 2 aromatic carbocycles. The average Bonchev–Trinajstić information content (AvgIpc) is 3.07. The third kappa shape index (κ3) is 4.81. The van der Waals surface area contributed by atoms with Gasteiger partial charge in [-0.1, -0.05) is 22.0 Å². The summed E-state index contributed by atoms with van der Waals surface area (Å²) in [5, 5.41) is 8.63. The van der Waals surface area contributed by atoms with Crippen LogP contribution in [-0.4, -0.2) is 25.3 Å². The molecule has 148 valence electrons. The first-order valence-electron chi connectivity index (χ1n) is 9.36. The van der Waals surface area contributed by atoms with E-state index in [-0.39, 0.29) is 5.54 Å². The maximum absolute atomic E-state index is 6.27. The standard InChI is InChI=1S/C22H23BrN6/c1-22(2,24)10-14-6-15(17-12-26-29(3)13-17)9-19(7-14)27-21-25-11-16-8-18(23)4-5-20(16)28-21/h4-9,11-13H,10,24H2,1-3H3,(H,25,27,28). The van der Waals surface area contributed by atoms with Gasteiger partial charge in [0.05, 0.1) is 11.7 Å². The molecule has 0 saturated carbocycles. The van der Waals surface area contributed by atoms with Crippen molar-refractivity contribution in [3.8, 4) is 11.1 Å². The molecule has 0 spiro atoms. The van der Waals surface area contributed by atoms with Crippen LogP contribution >= 0.6 is 15.9 Å². The Labute approximate surface area is 178 Å². The normalized spacial score (nSPS) is 11.8. The number of benzene rings is 2. The summed E-state index contributed by atoms with van der Waals surface area (Å²) in [5.41, 5.74) is 11.0. The predicted molar refractivity (Wildman–Crippen MR) is 121 cm³/mol. The van der Waals surface area contributed by atoms with Crippen molar-refractivity contribution in [1.29, 1.82) is 0 Å². The summed E-state index contributed by atoms with van der Waals surface area (Å²) in [7, 11) is 1.91. The average molecular weight is 451 g/mol. The number of fused-ring (bicyclic) bond motifs is 1. The van der Waals surface area contributed by atoms with Gasteiger partial charge >= 0.3 is 0 Å². The number of hydrogen-bond acceptors (Lipinski definition) is 5. The minimum absolute atomic E-state index is 0.308. The Morgan fingerprint density at radius 1 is 1.10 bits per heavy atom. The number of anilines is 2. The fraction of sp³-hybridized carbons (Fsp3) is 0.227.